The molecule has 1 nitrogen and oxygen atoms in total. The summed E-state index contributed by atoms with van der Waals surface area (Å²) in [5.41, 5.74) is 1.52. The SMILES string of the molecule is CC(C)N1CCc2sc(Br)cc2C1. The summed E-state index contributed by atoms with van der Waals surface area (Å²) >= 11 is 5.44. The first-order valence-electron chi connectivity index (χ1n) is 4.68. The monoisotopic (exact) mass is 259 g/mol. The molecule has 1 aliphatic rings. The van der Waals surface area contributed by atoms with Crippen LogP contribution in [0.25, 0.3) is 0 Å². The zero-order chi connectivity index (χ0) is 9.42. The second kappa shape index (κ2) is 3.71. The Morgan fingerprint density at radius 3 is 3.00 bits per heavy atom. The highest BCUT2D eigenvalue weighted by Gasteiger charge is 2.19. The molecule has 3 heteroatoms. The summed E-state index contributed by atoms with van der Waals surface area (Å²) < 4.78 is 1.28. The molecule has 0 spiro atoms. The zero-order valence-corrected chi connectivity index (χ0v) is 10.4. The molecule has 72 valence electrons. The summed E-state index contributed by atoms with van der Waals surface area (Å²) in [4.78, 5) is 4.10. The van der Waals surface area contributed by atoms with Crippen LogP contribution in [-0.2, 0) is 13.0 Å². The van der Waals surface area contributed by atoms with Gasteiger partial charge in [0.05, 0.1) is 3.79 Å². The Kier molecular flexibility index (Phi) is 2.77. The van der Waals surface area contributed by atoms with Crippen molar-refractivity contribution in [3.63, 3.8) is 0 Å². The fraction of sp³-hybridized carbons (Fsp3) is 0.600. The van der Waals surface area contributed by atoms with Gasteiger partial charge in [0.1, 0.15) is 0 Å². The number of nitrogens with zero attached hydrogens (tertiary/aromatic N) is 1. The van der Waals surface area contributed by atoms with Crippen molar-refractivity contribution in [1.82, 2.24) is 4.90 Å². The lowest BCUT2D eigenvalue weighted by molar-refractivity contribution is 0.205. The van der Waals surface area contributed by atoms with E-state index in [1.807, 2.05) is 11.3 Å². The molecule has 0 saturated carbocycles. The molecule has 0 fully saturated rings. The average molecular weight is 260 g/mol. The lowest BCUT2D eigenvalue weighted by atomic mass is 10.1. The van der Waals surface area contributed by atoms with E-state index < -0.39 is 0 Å². The van der Waals surface area contributed by atoms with Gasteiger partial charge in [-0.1, -0.05) is 0 Å². The Morgan fingerprint density at radius 2 is 2.31 bits per heavy atom. The van der Waals surface area contributed by atoms with Crippen molar-refractivity contribution in [2.45, 2.75) is 32.9 Å². The Hall–Kier alpha value is 0.140. The molecule has 0 aromatic carbocycles. The van der Waals surface area contributed by atoms with Crippen LogP contribution in [0.5, 0.6) is 0 Å². The Balaban J connectivity index is 2.19. The van der Waals surface area contributed by atoms with Gasteiger partial charge >= 0.3 is 0 Å². The van der Waals surface area contributed by atoms with Crippen molar-refractivity contribution < 1.29 is 0 Å². The van der Waals surface area contributed by atoms with Crippen LogP contribution in [0.2, 0.25) is 0 Å². The minimum absolute atomic E-state index is 0.673. The lowest BCUT2D eigenvalue weighted by Gasteiger charge is -2.30. The maximum Gasteiger partial charge on any atom is 0.0704 e. The van der Waals surface area contributed by atoms with Crippen LogP contribution < -0.4 is 0 Å². The third kappa shape index (κ3) is 1.97. The standard InChI is InChI=1S/C10H14BrNS/c1-7(2)12-4-3-9-8(6-12)5-10(11)13-9/h5,7H,3-4,6H2,1-2H3. The molecule has 0 unspecified atom stereocenters. The first kappa shape index (κ1) is 9.69. The fourth-order valence-electron chi connectivity index (χ4n) is 1.76. The van der Waals surface area contributed by atoms with Gasteiger partial charge in [0.2, 0.25) is 0 Å². The molecule has 2 heterocycles. The number of hydrogen-bond acceptors (Lipinski definition) is 2. The van der Waals surface area contributed by atoms with Crippen LogP contribution in [0.1, 0.15) is 24.3 Å². The molecule has 1 aromatic rings. The Labute approximate surface area is 91.9 Å². The molecule has 0 bridgehead atoms. The summed E-state index contributed by atoms with van der Waals surface area (Å²) in [6.07, 6.45) is 1.23. The fourth-order valence-corrected chi connectivity index (χ4v) is 3.51. The van der Waals surface area contributed by atoms with E-state index in [1.54, 1.807) is 4.88 Å². The van der Waals surface area contributed by atoms with E-state index in [-0.39, 0.29) is 0 Å². The average Bonchev–Trinajstić information content (AvgIpc) is 2.42. The first-order chi connectivity index (χ1) is 6.16. The van der Waals surface area contributed by atoms with Crippen molar-refractivity contribution >= 4 is 27.3 Å². The van der Waals surface area contributed by atoms with Crippen LogP contribution in [-0.4, -0.2) is 17.5 Å². The molecule has 13 heavy (non-hydrogen) atoms. The maximum atomic E-state index is 3.55. The second-order valence-electron chi connectivity index (χ2n) is 3.81. The van der Waals surface area contributed by atoms with Gasteiger partial charge in [-0.3, -0.25) is 4.90 Å². The van der Waals surface area contributed by atoms with Crippen molar-refractivity contribution in [1.29, 1.82) is 0 Å². The number of halogens is 1. The molecule has 0 saturated heterocycles. The first-order valence-corrected chi connectivity index (χ1v) is 6.29. The van der Waals surface area contributed by atoms with Crippen molar-refractivity contribution in [2.75, 3.05) is 6.54 Å². The van der Waals surface area contributed by atoms with Gasteiger partial charge in [-0.2, -0.15) is 0 Å². The van der Waals surface area contributed by atoms with Gasteiger partial charge in [0.15, 0.2) is 0 Å². The van der Waals surface area contributed by atoms with E-state index in [1.165, 1.54) is 22.3 Å². The van der Waals surface area contributed by atoms with Crippen LogP contribution in [0.15, 0.2) is 9.85 Å². The zero-order valence-electron chi connectivity index (χ0n) is 8.01. The molecule has 1 aromatic heterocycles. The van der Waals surface area contributed by atoms with E-state index in [9.17, 15) is 0 Å². The number of thiophene rings is 1. The molecule has 0 N–H and O–H groups in total. The molecular weight excluding hydrogens is 246 g/mol. The van der Waals surface area contributed by atoms with Gasteiger partial charge in [0, 0.05) is 24.0 Å². The molecule has 0 aliphatic carbocycles. The van der Waals surface area contributed by atoms with Gasteiger partial charge in [-0.05, 0) is 47.8 Å². The van der Waals surface area contributed by atoms with Crippen LogP contribution >= 0.6 is 27.3 Å². The Morgan fingerprint density at radius 1 is 1.54 bits per heavy atom. The number of hydrogen-bond donors (Lipinski definition) is 0. The van der Waals surface area contributed by atoms with Gasteiger partial charge < -0.3 is 0 Å². The van der Waals surface area contributed by atoms with Crippen molar-refractivity contribution in [3.8, 4) is 0 Å². The summed E-state index contributed by atoms with van der Waals surface area (Å²) in [6.45, 7) is 6.89. The highest BCUT2D eigenvalue weighted by molar-refractivity contribution is 9.11. The highest BCUT2D eigenvalue weighted by atomic mass is 79.9. The minimum Gasteiger partial charge on any atom is -0.296 e. The normalized spacial score (nSPS) is 17.8. The minimum atomic E-state index is 0.673. The van der Waals surface area contributed by atoms with Gasteiger partial charge in [-0.15, -0.1) is 11.3 Å². The van der Waals surface area contributed by atoms with E-state index in [4.69, 9.17) is 0 Å². The van der Waals surface area contributed by atoms with Crippen LogP contribution in [0.3, 0.4) is 0 Å². The number of fused-ring (bicyclic) bond motifs is 1. The van der Waals surface area contributed by atoms with Crippen molar-refractivity contribution in [2.24, 2.45) is 0 Å². The summed E-state index contributed by atoms with van der Waals surface area (Å²) in [6, 6.07) is 2.95. The predicted octanol–water partition coefficient (Wildman–Crippen LogP) is 3.28. The highest BCUT2D eigenvalue weighted by Crippen LogP contribution is 2.31. The van der Waals surface area contributed by atoms with E-state index in [0.717, 1.165) is 6.54 Å². The van der Waals surface area contributed by atoms with E-state index in [2.05, 4.69) is 40.7 Å². The topological polar surface area (TPSA) is 3.24 Å². The van der Waals surface area contributed by atoms with Crippen molar-refractivity contribution in [3.05, 3.63) is 20.3 Å². The third-order valence-corrected chi connectivity index (χ3v) is 4.34. The van der Waals surface area contributed by atoms with E-state index in [0.29, 0.717) is 6.04 Å². The molecule has 2 rings (SSSR count). The smallest absolute Gasteiger partial charge is 0.0704 e. The summed E-state index contributed by atoms with van der Waals surface area (Å²) in [5.74, 6) is 0. The lowest BCUT2D eigenvalue weighted by Crippen LogP contribution is -2.35. The quantitative estimate of drug-likeness (QED) is 0.749. The predicted molar refractivity (Wildman–Crippen MR) is 61.3 cm³/mol. The molecule has 0 radical (unpaired) electrons. The van der Waals surface area contributed by atoms with Gasteiger partial charge in [-0.25, -0.2) is 0 Å². The van der Waals surface area contributed by atoms with Crippen LogP contribution in [0.4, 0.5) is 0 Å². The summed E-state index contributed by atoms with van der Waals surface area (Å²) in [5, 5.41) is 0. The Bertz CT molecular complexity index is 306. The molecule has 0 atom stereocenters. The summed E-state index contributed by atoms with van der Waals surface area (Å²) in [7, 11) is 0. The maximum absolute atomic E-state index is 3.55. The largest absolute Gasteiger partial charge is 0.296 e. The number of rotatable bonds is 1. The van der Waals surface area contributed by atoms with Crippen LogP contribution in [0, 0.1) is 0 Å². The second-order valence-corrected chi connectivity index (χ2v) is 6.33. The van der Waals surface area contributed by atoms with Gasteiger partial charge in [0.25, 0.3) is 0 Å². The molecule has 0 amide bonds. The van der Waals surface area contributed by atoms with E-state index >= 15 is 0 Å². The molecule has 1 aliphatic heterocycles. The molecular formula is C10H14BrNS. The third-order valence-electron chi connectivity index (χ3n) is 2.60.